The number of nitrogens with zero attached hydrogens (tertiary/aromatic N) is 3. The van der Waals surface area contributed by atoms with Crippen molar-refractivity contribution in [2.24, 2.45) is 4.40 Å². The summed E-state index contributed by atoms with van der Waals surface area (Å²) in [6.45, 7) is 0.820. The van der Waals surface area contributed by atoms with Gasteiger partial charge >= 0.3 is 6.18 Å². The fourth-order valence-electron chi connectivity index (χ4n) is 2.80. The minimum Gasteiger partial charge on any atom is -0.456 e. The Hall–Kier alpha value is -2.45. The molecule has 0 saturated heterocycles. The van der Waals surface area contributed by atoms with Crippen molar-refractivity contribution in [2.45, 2.75) is 6.18 Å². The number of fused-ring (bicyclic) bond motifs is 1. The molecular formula is C19H13ClF3N3OS. The topological polar surface area (TPSA) is 37.7 Å². The van der Waals surface area contributed by atoms with Gasteiger partial charge in [0.15, 0.2) is 0 Å². The van der Waals surface area contributed by atoms with Crippen molar-refractivity contribution < 1.29 is 17.9 Å². The Morgan fingerprint density at radius 3 is 2.64 bits per heavy atom. The molecule has 0 unspecified atom stereocenters. The number of allylic oxidation sites excluding steroid dienone is 2. The van der Waals surface area contributed by atoms with Gasteiger partial charge in [-0.1, -0.05) is 23.7 Å². The molecule has 0 bridgehead atoms. The molecule has 1 aromatic heterocycles. The molecule has 2 aliphatic rings. The molecule has 0 N–H and O–H groups in total. The maximum absolute atomic E-state index is 12.8. The third-order valence-electron chi connectivity index (χ3n) is 4.09. The summed E-state index contributed by atoms with van der Waals surface area (Å²) in [4.78, 5) is 5.60. The number of alkyl halides is 3. The van der Waals surface area contributed by atoms with Crippen molar-refractivity contribution in [2.75, 3.05) is 12.3 Å². The highest BCUT2D eigenvalue weighted by Crippen LogP contribution is 2.34. The average Bonchev–Trinajstić information content (AvgIpc) is 2.67. The molecule has 4 nitrogen and oxygen atoms in total. The van der Waals surface area contributed by atoms with E-state index in [1.807, 2.05) is 29.3 Å². The Kier molecular flexibility index (Phi) is 5.07. The predicted octanol–water partition coefficient (Wildman–Crippen LogP) is 5.73. The second-order valence-corrected chi connectivity index (χ2v) is 7.33. The molecule has 0 amide bonds. The molecule has 0 atom stereocenters. The molecule has 0 fully saturated rings. The van der Waals surface area contributed by atoms with Gasteiger partial charge in [0.2, 0.25) is 0 Å². The normalized spacial score (nSPS) is 16.7. The van der Waals surface area contributed by atoms with E-state index < -0.39 is 11.7 Å². The van der Waals surface area contributed by atoms with E-state index in [4.69, 9.17) is 16.3 Å². The highest BCUT2D eigenvalue weighted by atomic mass is 35.5. The molecule has 28 heavy (non-hydrogen) atoms. The lowest BCUT2D eigenvalue weighted by Crippen LogP contribution is -2.33. The Morgan fingerprint density at radius 2 is 1.89 bits per heavy atom. The molecule has 0 saturated carbocycles. The second-order valence-electron chi connectivity index (χ2n) is 6.05. The molecule has 2 aromatic rings. The minimum absolute atomic E-state index is 0.0182. The van der Waals surface area contributed by atoms with Crippen LogP contribution >= 0.6 is 23.5 Å². The molecule has 0 radical (unpaired) electrons. The van der Waals surface area contributed by atoms with Crippen LogP contribution in [0.5, 0.6) is 11.5 Å². The van der Waals surface area contributed by atoms with Gasteiger partial charge in [-0.05, 0) is 41.8 Å². The zero-order chi connectivity index (χ0) is 19.7. The van der Waals surface area contributed by atoms with Crippen molar-refractivity contribution in [1.29, 1.82) is 0 Å². The van der Waals surface area contributed by atoms with Crippen LogP contribution < -0.4 is 4.74 Å². The summed E-state index contributed by atoms with van der Waals surface area (Å²) in [5.74, 6) is 2.13. The number of pyridine rings is 1. The van der Waals surface area contributed by atoms with E-state index in [9.17, 15) is 13.2 Å². The largest absolute Gasteiger partial charge is 0.456 e. The third-order valence-corrected chi connectivity index (χ3v) is 4.96. The summed E-state index contributed by atoms with van der Waals surface area (Å²) < 4.78 is 48.4. The molecule has 2 aliphatic heterocycles. The maximum atomic E-state index is 12.8. The van der Waals surface area contributed by atoms with Gasteiger partial charge in [-0.3, -0.25) is 4.98 Å². The maximum Gasteiger partial charge on any atom is 0.418 e. The molecule has 0 aliphatic carbocycles. The van der Waals surface area contributed by atoms with Gasteiger partial charge in [0.05, 0.1) is 16.8 Å². The monoisotopic (exact) mass is 423 g/mol. The van der Waals surface area contributed by atoms with E-state index in [0.29, 0.717) is 10.8 Å². The molecular weight excluding hydrogens is 411 g/mol. The van der Waals surface area contributed by atoms with Crippen LogP contribution in [0.4, 0.5) is 13.2 Å². The van der Waals surface area contributed by atoms with Crippen LogP contribution in [0.1, 0.15) is 11.1 Å². The van der Waals surface area contributed by atoms with Gasteiger partial charge in [-0.2, -0.15) is 17.6 Å². The van der Waals surface area contributed by atoms with Crippen molar-refractivity contribution in [1.82, 2.24) is 9.88 Å². The van der Waals surface area contributed by atoms with Gasteiger partial charge in [0, 0.05) is 30.3 Å². The standard InChI is InChI=1S/C19H13ClF3N3OS/c20-14-8-17(18-25-28-6-5-26(18)11-14)12-1-3-15(4-2-12)27-16-7-13(9-24-10-16)19(21,22)23/h1-4,7-11H,5-6H2. The van der Waals surface area contributed by atoms with Crippen LogP contribution in [-0.4, -0.2) is 28.0 Å². The first kappa shape index (κ1) is 18.9. The summed E-state index contributed by atoms with van der Waals surface area (Å²) in [7, 11) is 0. The number of hydrogen-bond acceptors (Lipinski definition) is 5. The fraction of sp³-hybridized carbons (Fsp3) is 0.158. The minimum atomic E-state index is -4.47. The Morgan fingerprint density at radius 1 is 1.11 bits per heavy atom. The lowest BCUT2D eigenvalue weighted by Gasteiger charge is -2.30. The van der Waals surface area contributed by atoms with Gasteiger partial charge in [0.1, 0.15) is 17.3 Å². The highest BCUT2D eigenvalue weighted by Gasteiger charge is 2.31. The molecule has 4 rings (SSSR count). The number of halogens is 4. The number of hydrogen-bond donors (Lipinski definition) is 0. The third kappa shape index (κ3) is 4.02. The van der Waals surface area contributed by atoms with E-state index >= 15 is 0 Å². The van der Waals surface area contributed by atoms with E-state index in [1.165, 1.54) is 18.1 Å². The van der Waals surface area contributed by atoms with Crippen LogP contribution in [0.3, 0.4) is 0 Å². The van der Waals surface area contributed by atoms with Crippen LogP contribution in [-0.2, 0) is 6.18 Å². The number of aromatic nitrogens is 1. The molecule has 9 heteroatoms. The first-order valence-electron chi connectivity index (χ1n) is 8.27. The summed E-state index contributed by atoms with van der Waals surface area (Å²) in [5.41, 5.74) is 0.905. The van der Waals surface area contributed by atoms with Crippen molar-refractivity contribution in [3.63, 3.8) is 0 Å². The van der Waals surface area contributed by atoms with Crippen LogP contribution in [0.25, 0.3) is 5.57 Å². The Bertz CT molecular complexity index is 987. The summed E-state index contributed by atoms with van der Waals surface area (Å²) >= 11 is 7.73. The van der Waals surface area contributed by atoms with Gasteiger partial charge in [0.25, 0.3) is 0 Å². The quantitative estimate of drug-likeness (QED) is 0.591. The van der Waals surface area contributed by atoms with Gasteiger partial charge in [-0.15, -0.1) is 0 Å². The van der Waals surface area contributed by atoms with Gasteiger partial charge in [-0.25, -0.2) is 0 Å². The molecule has 0 spiro atoms. The summed E-state index contributed by atoms with van der Waals surface area (Å²) in [5, 5.41) is 0.608. The predicted molar refractivity (Wildman–Crippen MR) is 104 cm³/mol. The van der Waals surface area contributed by atoms with Crippen LogP contribution in [0.15, 0.2) is 64.4 Å². The van der Waals surface area contributed by atoms with Crippen LogP contribution in [0.2, 0.25) is 0 Å². The highest BCUT2D eigenvalue weighted by molar-refractivity contribution is 7.98. The number of rotatable bonds is 3. The van der Waals surface area contributed by atoms with E-state index in [-0.39, 0.29) is 5.75 Å². The molecule has 1 aromatic carbocycles. The first-order chi connectivity index (χ1) is 13.4. The second kappa shape index (κ2) is 7.52. The zero-order valence-corrected chi connectivity index (χ0v) is 15.9. The fourth-order valence-corrected chi connectivity index (χ4v) is 3.73. The Balaban J connectivity index is 1.56. The zero-order valence-electron chi connectivity index (χ0n) is 14.3. The van der Waals surface area contributed by atoms with Crippen molar-refractivity contribution >= 4 is 35.0 Å². The summed E-state index contributed by atoms with van der Waals surface area (Å²) in [6.07, 6.45) is 1.22. The summed E-state index contributed by atoms with van der Waals surface area (Å²) in [6, 6.07) is 7.92. The van der Waals surface area contributed by atoms with E-state index in [1.54, 1.807) is 12.1 Å². The van der Waals surface area contributed by atoms with E-state index in [2.05, 4.69) is 9.38 Å². The van der Waals surface area contributed by atoms with Crippen LogP contribution in [0, 0.1) is 0 Å². The lowest BCUT2D eigenvalue weighted by atomic mass is 10.0. The molecule has 3 heterocycles. The number of benzene rings is 1. The van der Waals surface area contributed by atoms with E-state index in [0.717, 1.165) is 41.5 Å². The lowest BCUT2D eigenvalue weighted by molar-refractivity contribution is -0.137. The van der Waals surface area contributed by atoms with Crippen molar-refractivity contribution in [3.05, 3.63) is 71.2 Å². The SMILES string of the molecule is FC(F)(F)c1cncc(Oc2ccc(C3=CC(Cl)=CN4CCSN=C34)cc2)c1. The first-order valence-corrected chi connectivity index (χ1v) is 9.59. The van der Waals surface area contributed by atoms with Gasteiger partial charge < -0.3 is 9.64 Å². The average molecular weight is 424 g/mol. The van der Waals surface area contributed by atoms with Crippen molar-refractivity contribution in [3.8, 4) is 11.5 Å². The Labute approximate surface area is 168 Å². The smallest absolute Gasteiger partial charge is 0.418 e. The number of ether oxygens (including phenoxy) is 1. The number of amidine groups is 1. The molecule has 144 valence electrons.